The molecule has 0 aromatic heterocycles. The van der Waals surface area contributed by atoms with Gasteiger partial charge in [0.2, 0.25) is 0 Å². The van der Waals surface area contributed by atoms with Crippen molar-refractivity contribution in [3.63, 3.8) is 0 Å². The van der Waals surface area contributed by atoms with Crippen LogP contribution in [0.1, 0.15) is 59.3 Å². The SMILES string of the molecule is CCNC(CC)C(C)CCCC1CCCO1. The molecule has 1 aliphatic rings. The quantitative estimate of drug-likeness (QED) is 0.686. The third kappa shape index (κ3) is 4.84. The van der Waals surface area contributed by atoms with Gasteiger partial charge < -0.3 is 10.1 Å². The Morgan fingerprint density at radius 3 is 2.75 bits per heavy atom. The van der Waals surface area contributed by atoms with E-state index in [1.807, 2.05) is 0 Å². The summed E-state index contributed by atoms with van der Waals surface area (Å²) in [5, 5.41) is 3.58. The molecule has 0 amide bonds. The first-order valence-corrected chi connectivity index (χ1v) is 7.12. The van der Waals surface area contributed by atoms with Crippen molar-refractivity contribution < 1.29 is 4.74 Å². The lowest BCUT2D eigenvalue weighted by molar-refractivity contribution is 0.100. The van der Waals surface area contributed by atoms with Crippen LogP contribution in [0.5, 0.6) is 0 Å². The van der Waals surface area contributed by atoms with E-state index in [1.165, 1.54) is 38.5 Å². The summed E-state index contributed by atoms with van der Waals surface area (Å²) < 4.78 is 5.65. The highest BCUT2D eigenvalue weighted by molar-refractivity contribution is 4.72. The standard InChI is InChI=1S/C14H29NO/c1-4-14(15-5-2)12(3)8-6-9-13-10-7-11-16-13/h12-15H,4-11H2,1-3H3. The van der Waals surface area contributed by atoms with Gasteiger partial charge in [0.05, 0.1) is 6.10 Å². The zero-order chi connectivity index (χ0) is 11.8. The Kier molecular flexibility index (Phi) is 7.06. The lowest BCUT2D eigenvalue weighted by Crippen LogP contribution is -2.34. The van der Waals surface area contributed by atoms with Crippen molar-refractivity contribution in [3.05, 3.63) is 0 Å². The Hall–Kier alpha value is -0.0800. The molecular formula is C14H29NO. The summed E-state index contributed by atoms with van der Waals surface area (Å²) in [7, 11) is 0. The number of hydrogen-bond acceptors (Lipinski definition) is 2. The van der Waals surface area contributed by atoms with Gasteiger partial charge in [-0.05, 0) is 44.6 Å². The molecule has 0 aliphatic carbocycles. The van der Waals surface area contributed by atoms with Crippen LogP contribution >= 0.6 is 0 Å². The fraction of sp³-hybridized carbons (Fsp3) is 1.00. The van der Waals surface area contributed by atoms with Crippen LogP contribution in [0.15, 0.2) is 0 Å². The molecule has 16 heavy (non-hydrogen) atoms. The van der Waals surface area contributed by atoms with Crippen molar-refractivity contribution >= 4 is 0 Å². The Labute approximate surface area is 101 Å². The van der Waals surface area contributed by atoms with Crippen molar-refractivity contribution in [2.24, 2.45) is 5.92 Å². The molecule has 96 valence electrons. The summed E-state index contributed by atoms with van der Waals surface area (Å²) in [6, 6.07) is 0.703. The average molecular weight is 227 g/mol. The predicted octanol–water partition coefficient (Wildman–Crippen LogP) is 3.36. The highest BCUT2D eigenvalue weighted by Crippen LogP contribution is 2.21. The molecule has 0 radical (unpaired) electrons. The van der Waals surface area contributed by atoms with E-state index in [1.54, 1.807) is 0 Å². The van der Waals surface area contributed by atoms with Crippen LogP contribution < -0.4 is 5.32 Å². The minimum absolute atomic E-state index is 0.575. The molecule has 3 unspecified atom stereocenters. The van der Waals surface area contributed by atoms with E-state index in [-0.39, 0.29) is 0 Å². The van der Waals surface area contributed by atoms with E-state index in [9.17, 15) is 0 Å². The lowest BCUT2D eigenvalue weighted by atomic mass is 9.93. The Bertz CT molecular complexity index is 166. The van der Waals surface area contributed by atoms with Gasteiger partial charge in [0.25, 0.3) is 0 Å². The maximum Gasteiger partial charge on any atom is 0.0576 e. The van der Waals surface area contributed by atoms with Crippen molar-refractivity contribution in [2.45, 2.75) is 71.4 Å². The lowest BCUT2D eigenvalue weighted by Gasteiger charge is -2.23. The van der Waals surface area contributed by atoms with Gasteiger partial charge in [-0.1, -0.05) is 27.2 Å². The van der Waals surface area contributed by atoms with Gasteiger partial charge in [-0.2, -0.15) is 0 Å². The summed E-state index contributed by atoms with van der Waals surface area (Å²) in [5.74, 6) is 0.798. The molecule has 1 rings (SSSR count). The summed E-state index contributed by atoms with van der Waals surface area (Å²) in [6.45, 7) is 8.95. The van der Waals surface area contributed by atoms with Gasteiger partial charge in [0.15, 0.2) is 0 Å². The molecule has 0 saturated carbocycles. The Morgan fingerprint density at radius 1 is 1.38 bits per heavy atom. The molecule has 3 atom stereocenters. The molecule has 0 bridgehead atoms. The first kappa shape index (κ1) is 14.0. The Balaban J connectivity index is 2.09. The molecule has 1 saturated heterocycles. The van der Waals surface area contributed by atoms with Crippen LogP contribution in [-0.4, -0.2) is 25.3 Å². The normalized spacial score (nSPS) is 24.6. The van der Waals surface area contributed by atoms with Crippen LogP contribution in [0.2, 0.25) is 0 Å². The fourth-order valence-electron chi connectivity index (χ4n) is 2.75. The van der Waals surface area contributed by atoms with Crippen molar-refractivity contribution in [1.82, 2.24) is 5.32 Å². The van der Waals surface area contributed by atoms with Crippen molar-refractivity contribution in [3.8, 4) is 0 Å². The van der Waals surface area contributed by atoms with E-state index < -0.39 is 0 Å². The third-order valence-corrected chi connectivity index (χ3v) is 3.80. The van der Waals surface area contributed by atoms with E-state index in [0.717, 1.165) is 19.1 Å². The first-order chi connectivity index (χ1) is 7.77. The maximum absolute atomic E-state index is 5.65. The molecule has 0 aromatic rings. The highest BCUT2D eigenvalue weighted by atomic mass is 16.5. The van der Waals surface area contributed by atoms with E-state index in [0.29, 0.717) is 12.1 Å². The first-order valence-electron chi connectivity index (χ1n) is 7.12. The fourth-order valence-corrected chi connectivity index (χ4v) is 2.75. The molecular weight excluding hydrogens is 198 g/mol. The zero-order valence-electron chi connectivity index (χ0n) is 11.3. The minimum atomic E-state index is 0.575. The largest absolute Gasteiger partial charge is 0.378 e. The molecule has 0 spiro atoms. The van der Waals surface area contributed by atoms with Gasteiger partial charge in [-0.3, -0.25) is 0 Å². The number of hydrogen-bond donors (Lipinski definition) is 1. The van der Waals surface area contributed by atoms with Crippen LogP contribution in [0.25, 0.3) is 0 Å². The Morgan fingerprint density at radius 2 is 2.19 bits per heavy atom. The minimum Gasteiger partial charge on any atom is -0.378 e. The maximum atomic E-state index is 5.65. The average Bonchev–Trinajstić information content (AvgIpc) is 2.78. The highest BCUT2D eigenvalue weighted by Gasteiger charge is 2.17. The monoisotopic (exact) mass is 227 g/mol. The third-order valence-electron chi connectivity index (χ3n) is 3.80. The van der Waals surface area contributed by atoms with E-state index >= 15 is 0 Å². The van der Waals surface area contributed by atoms with E-state index in [4.69, 9.17) is 4.74 Å². The van der Waals surface area contributed by atoms with Crippen LogP contribution in [0.3, 0.4) is 0 Å². The van der Waals surface area contributed by atoms with E-state index in [2.05, 4.69) is 26.1 Å². The van der Waals surface area contributed by atoms with Crippen molar-refractivity contribution in [2.75, 3.05) is 13.2 Å². The van der Waals surface area contributed by atoms with Gasteiger partial charge in [0.1, 0.15) is 0 Å². The van der Waals surface area contributed by atoms with Crippen LogP contribution in [0.4, 0.5) is 0 Å². The summed E-state index contributed by atoms with van der Waals surface area (Å²) >= 11 is 0. The van der Waals surface area contributed by atoms with Gasteiger partial charge in [-0.25, -0.2) is 0 Å². The second-order valence-electron chi connectivity index (χ2n) is 5.12. The second kappa shape index (κ2) is 8.08. The summed E-state index contributed by atoms with van der Waals surface area (Å²) in [6.07, 6.45) is 8.32. The predicted molar refractivity (Wildman–Crippen MR) is 69.7 cm³/mol. The summed E-state index contributed by atoms with van der Waals surface area (Å²) in [4.78, 5) is 0. The number of rotatable bonds is 8. The molecule has 1 fully saturated rings. The van der Waals surface area contributed by atoms with Crippen LogP contribution in [0, 0.1) is 5.92 Å². The summed E-state index contributed by atoms with van der Waals surface area (Å²) in [5.41, 5.74) is 0. The number of nitrogens with one attached hydrogen (secondary N) is 1. The molecule has 1 heterocycles. The van der Waals surface area contributed by atoms with Gasteiger partial charge in [-0.15, -0.1) is 0 Å². The molecule has 0 aromatic carbocycles. The molecule has 2 heteroatoms. The molecule has 1 aliphatic heterocycles. The van der Waals surface area contributed by atoms with Crippen LogP contribution in [-0.2, 0) is 4.74 Å². The van der Waals surface area contributed by atoms with Gasteiger partial charge >= 0.3 is 0 Å². The topological polar surface area (TPSA) is 21.3 Å². The number of ether oxygens (including phenoxy) is 1. The molecule has 1 N–H and O–H groups in total. The van der Waals surface area contributed by atoms with Gasteiger partial charge in [0, 0.05) is 12.6 Å². The molecule has 2 nitrogen and oxygen atoms in total. The zero-order valence-corrected chi connectivity index (χ0v) is 11.3. The second-order valence-corrected chi connectivity index (χ2v) is 5.12. The smallest absolute Gasteiger partial charge is 0.0576 e. The van der Waals surface area contributed by atoms with Crippen molar-refractivity contribution in [1.29, 1.82) is 0 Å².